The monoisotopic (exact) mass is 271 g/mol. The zero-order valence-electron chi connectivity index (χ0n) is 8.46. The Bertz CT molecular complexity index is 422. The van der Waals surface area contributed by atoms with Gasteiger partial charge in [-0.3, -0.25) is 8.95 Å². The Hall–Kier alpha value is -1.15. The molecule has 0 amide bonds. The lowest BCUT2D eigenvalue weighted by Crippen LogP contribution is -2.18. The fraction of sp³-hybridized carbons (Fsp3) is 0.333. The van der Waals surface area contributed by atoms with Crippen LogP contribution in [0.1, 0.15) is 0 Å². The van der Waals surface area contributed by atoms with Crippen LogP contribution in [0.4, 0.5) is 23.2 Å². The molecule has 0 heterocycles. The highest BCUT2D eigenvalue weighted by molar-refractivity contribution is 7.85. The van der Waals surface area contributed by atoms with Gasteiger partial charge in [0.15, 0.2) is 0 Å². The van der Waals surface area contributed by atoms with Gasteiger partial charge in [0.1, 0.15) is 5.82 Å². The fourth-order valence-electron chi connectivity index (χ4n) is 1.07. The van der Waals surface area contributed by atoms with Crippen molar-refractivity contribution in [2.75, 3.05) is 18.1 Å². The van der Waals surface area contributed by atoms with Gasteiger partial charge >= 0.3 is 6.36 Å². The minimum absolute atomic E-state index is 0.0599. The first-order valence-electron chi connectivity index (χ1n) is 4.43. The summed E-state index contributed by atoms with van der Waals surface area (Å²) in [6.07, 6.45) is -4.75. The maximum atomic E-state index is 12.7. The van der Waals surface area contributed by atoms with Crippen molar-refractivity contribution in [2.24, 2.45) is 0 Å². The third-order valence-electron chi connectivity index (χ3n) is 1.75. The van der Waals surface area contributed by atoms with Crippen LogP contribution in [0.5, 0.6) is 0 Å². The average molecular weight is 271 g/mol. The molecule has 0 bridgehead atoms. The first-order chi connectivity index (χ1) is 7.79. The summed E-state index contributed by atoms with van der Waals surface area (Å²) < 4.78 is 62.6. The lowest BCUT2D eigenvalue weighted by Gasteiger charge is -2.08. The van der Waals surface area contributed by atoms with E-state index in [1.807, 2.05) is 0 Å². The van der Waals surface area contributed by atoms with Crippen LogP contribution in [0.3, 0.4) is 0 Å². The number of alkyl halides is 3. The standard InChI is InChI=1S/C9H9F4NO2S/c10-6-1-2-8(7(14)5-6)17(15)4-3-16-9(11,12)13/h1-2,5H,3-4,14H2. The molecule has 0 saturated carbocycles. The highest BCUT2D eigenvalue weighted by atomic mass is 32.2. The Morgan fingerprint density at radius 2 is 2.00 bits per heavy atom. The van der Waals surface area contributed by atoms with Crippen LogP contribution in [-0.4, -0.2) is 22.9 Å². The second-order valence-corrected chi connectivity index (χ2v) is 4.57. The number of nitrogen functional groups attached to an aromatic ring is 1. The van der Waals surface area contributed by atoms with Crippen molar-refractivity contribution in [3.05, 3.63) is 24.0 Å². The molecule has 0 aliphatic heterocycles. The summed E-state index contributed by atoms with van der Waals surface area (Å²) in [5.74, 6) is -0.968. The maximum absolute atomic E-state index is 12.7. The van der Waals surface area contributed by atoms with Crippen LogP contribution >= 0.6 is 0 Å². The van der Waals surface area contributed by atoms with Crippen LogP contribution in [0.2, 0.25) is 0 Å². The van der Waals surface area contributed by atoms with E-state index in [0.717, 1.165) is 12.1 Å². The lowest BCUT2D eigenvalue weighted by atomic mass is 10.3. The third kappa shape index (κ3) is 4.70. The van der Waals surface area contributed by atoms with Gasteiger partial charge in [0, 0.05) is 0 Å². The van der Waals surface area contributed by atoms with Crippen molar-refractivity contribution in [1.29, 1.82) is 0 Å². The number of hydrogen-bond donors (Lipinski definition) is 1. The fourth-order valence-corrected chi connectivity index (χ4v) is 2.07. The number of rotatable bonds is 4. The molecule has 0 aliphatic carbocycles. The predicted octanol–water partition coefficient (Wildman–Crippen LogP) is 2.05. The van der Waals surface area contributed by atoms with Crippen LogP contribution in [0.25, 0.3) is 0 Å². The average Bonchev–Trinajstić information content (AvgIpc) is 2.15. The summed E-state index contributed by atoms with van der Waals surface area (Å²) in [4.78, 5) is 0.0946. The van der Waals surface area contributed by atoms with E-state index in [0.29, 0.717) is 0 Å². The van der Waals surface area contributed by atoms with Crippen LogP contribution in [-0.2, 0) is 15.5 Å². The van der Waals surface area contributed by atoms with Crippen molar-refractivity contribution in [3.8, 4) is 0 Å². The van der Waals surface area contributed by atoms with Crippen molar-refractivity contribution in [1.82, 2.24) is 0 Å². The normalized spacial score (nSPS) is 13.6. The van der Waals surface area contributed by atoms with Gasteiger partial charge in [-0.05, 0) is 18.2 Å². The molecular formula is C9H9F4NO2S. The zero-order chi connectivity index (χ0) is 13.1. The summed E-state index contributed by atoms with van der Waals surface area (Å²) in [5, 5.41) is 0. The van der Waals surface area contributed by atoms with Gasteiger partial charge in [0.25, 0.3) is 0 Å². The van der Waals surface area contributed by atoms with Gasteiger partial charge < -0.3 is 5.73 Å². The van der Waals surface area contributed by atoms with Crippen LogP contribution in [0.15, 0.2) is 23.1 Å². The lowest BCUT2D eigenvalue weighted by molar-refractivity contribution is -0.322. The number of hydrogen-bond acceptors (Lipinski definition) is 3. The predicted molar refractivity (Wildman–Crippen MR) is 54.1 cm³/mol. The molecule has 0 spiro atoms. The molecule has 0 fully saturated rings. The molecular weight excluding hydrogens is 262 g/mol. The maximum Gasteiger partial charge on any atom is 0.522 e. The number of nitrogens with two attached hydrogens (primary N) is 1. The summed E-state index contributed by atoms with van der Waals surface area (Å²) in [5.41, 5.74) is 5.32. The molecule has 2 N–H and O–H groups in total. The van der Waals surface area contributed by atoms with Gasteiger partial charge in [0.05, 0.1) is 33.7 Å². The highest BCUT2D eigenvalue weighted by Crippen LogP contribution is 2.19. The van der Waals surface area contributed by atoms with E-state index in [9.17, 15) is 21.8 Å². The molecule has 1 unspecified atom stereocenters. The number of anilines is 1. The van der Waals surface area contributed by atoms with Crippen LogP contribution < -0.4 is 5.73 Å². The van der Waals surface area contributed by atoms with E-state index in [-0.39, 0.29) is 16.3 Å². The molecule has 1 aromatic carbocycles. The molecule has 96 valence electrons. The van der Waals surface area contributed by atoms with E-state index in [1.165, 1.54) is 6.07 Å². The van der Waals surface area contributed by atoms with Gasteiger partial charge in [-0.15, -0.1) is 13.2 Å². The van der Waals surface area contributed by atoms with Crippen molar-refractivity contribution in [3.63, 3.8) is 0 Å². The first kappa shape index (κ1) is 13.9. The Morgan fingerprint density at radius 1 is 1.35 bits per heavy atom. The van der Waals surface area contributed by atoms with Crippen LogP contribution in [0, 0.1) is 5.82 Å². The highest BCUT2D eigenvalue weighted by Gasteiger charge is 2.29. The summed E-state index contributed by atoms with van der Waals surface area (Å²) in [6, 6.07) is 3.17. The van der Waals surface area contributed by atoms with E-state index >= 15 is 0 Å². The number of benzene rings is 1. The van der Waals surface area contributed by atoms with Gasteiger partial charge in [-0.25, -0.2) is 4.39 Å². The third-order valence-corrected chi connectivity index (χ3v) is 3.15. The zero-order valence-corrected chi connectivity index (χ0v) is 9.28. The Morgan fingerprint density at radius 3 is 2.53 bits per heavy atom. The van der Waals surface area contributed by atoms with Crippen molar-refractivity contribution < 1.29 is 26.5 Å². The molecule has 0 radical (unpaired) electrons. The Kier molecular flexibility index (Phi) is 4.47. The molecule has 17 heavy (non-hydrogen) atoms. The van der Waals surface area contributed by atoms with E-state index in [1.54, 1.807) is 0 Å². The van der Waals surface area contributed by atoms with Gasteiger partial charge in [-0.2, -0.15) is 0 Å². The second kappa shape index (κ2) is 5.46. The molecule has 0 aromatic heterocycles. The van der Waals surface area contributed by atoms with Crippen molar-refractivity contribution >= 4 is 16.5 Å². The Labute approximate surface area is 97.0 Å². The minimum atomic E-state index is -4.75. The topological polar surface area (TPSA) is 52.3 Å². The van der Waals surface area contributed by atoms with E-state index in [2.05, 4.69) is 4.74 Å². The molecule has 1 aromatic rings. The van der Waals surface area contributed by atoms with E-state index in [4.69, 9.17) is 5.73 Å². The quantitative estimate of drug-likeness (QED) is 0.673. The molecule has 1 atom stereocenters. The van der Waals surface area contributed by atoms with Crippen molar-refractivity contribution in [2.45, 2.75) is 11.3 Å². The number of halogens is 4. The van der Waals surface area contributed by atoms with E-state index < -0.39 is 29.6 Å². The summed E-state index contributed by atoms with van der Waals surface area (Å²) >= 11 is 0. The molecule has 0 aliphatic rings. The Balaban J connectivity index is 2.59. The molecule has 8 heteroatoms. The molecule has 3 nitrogen and oxygen atoms in total. The largest absolute Gasteiger partial charge is 0.522 e. The summed E-state index contributed by atoms with van der Waals surface area (Å²) in [6.45, 7) is -0.743. The number of ether oxygens (including phenoxy) is 1. The first-order valence-corrected chi connectivity index (χ1v) is 5.75. The smallest absolute Gasteiger partial charge is 0.398 e. The van der Waals surface area contributed by atoms with Gasteiger partial charge in [0.2, 0.25) is 0 Å². The molecule has 0 saturated heterocycles. The SMILES string of the molecule is Nc1cc(F)ccc1S(=O)CCOC(F)(F)F. The minimum Gasteiger partial charge on any atom is -0.398 e. The summed E-state index contributed by atoms with van der Waals surface area (Å²) in [7, 11) is -1.75. The molecule has 1 rings (SSSR count). The second-order valence-electron chi connectivity index (χ2n) is 3.03. The van der Waals surface area contributed by atoms with Gasteiger partial charge in [-0.1, -0.05) is 0 Å².